The van der Waals surface area contributed by atoms with Crippen LogP contribution in [-0.4, -0.2) is 23.3 Å². The Morgan fingerprint density at radius 2 is 1.43 bits per heavy atom. The summed E-state index contributed by atoms with van der Waals surface area (Å²) in [5.41, 5.74) is 0. The minimum absolute atomic E-state index is 0.00285. The summed E-state index contributed by atoms with van der Waals surface area (Å²) in [5, 5.41) is 10.5. The zero-order chi connectivity index (χ0) is 16.8. The van der Waals surface area contributed by atoms with Crippen LogP contribution in [0, 0.1) is 23.7 Å². The number of hydrogen-bond acceptors (Lipinski definition) is 3. The van der Waals surface area contributed by atoms with E-state index in [0.29, 0.717) is 5.92 Å². The van der Waals surface area contributed by atoms with Crippen molar-refractivity contribution >= 4 is 5.97 Å². The Morgan fingerprint density at radius 3 is 1.96 bits per heavy atom. The lowest BCUT2D eigenvalue weighted by atomic mass is 9.77. The normalized spacial score (nSPS) is 25.1. The van der Waals surface area contributed by atoms with Crippen molar-refractivity contribution in [3.8, 4) is 0 Å². The molecule has 0 unspecified atom stereocenters. The van der Waals surface area contributed by atoms with E-state index in [0.717, 1.165) is 38.5 Å². The maximum absolute atomic E-state index is 12.6. The average molecular weight is 325 g/mol. The molecule has 2 fully saturated rings. The Balaban J connectivity index is 2.03. The molecule has 0 aromatic heterocycles. The summed E-state index contributed by atoms with van der Waals surface area (Å²) >= 11 is 0. The van der Waals surface area contributed by atoms with Crippen molar-refractivity contribution in [1.29, 1.82) is 0 Å². The molecular weight excluding hydrogens is 288 g/mol. The Bertz CT molecular complexity index is 354. The van der Waals surface area contributed by atoms with E-state index in [1.165, 1.54) is 25.7 Å². The Morgan fingerprint density at radius 1 is 0.913 bits per heavy atom. The third-order valence-electron chi connectivity index (χ3n) is 6.05. The van der Waals surface area contributed by atoms with Crippen molar-refractivity contribution in [2.75, 3.05) is 0 Å². The van der Waals surface area contributed by atoms with E-state index in [1.807, 2.05) is 13.8 Å². The summed E-state index contributed by atoms with van der Waals surface area (Å²) in [7, 11) is 0. The van der Waals surface area contributed by atoms with E-state index in [-0.39, 0.29) is 29.8 Å². The van der Waals surface area contributed by atoms with Crippen LogP contribution in [0.25, 0.3) is 0 Å². The first-order valence-corrected chi connectivity index (χ1v) is 9.89. The quantitative estimate of drug-likeness (QED) is 0.720. The van der Waals surface area contributed by atoms with Gasteiger partial charge in [-0.3, -0.25) is 4.79 Å². The minimum Gasteiger partial charge on any atom is -0.461 e. The van der Waals surface area contributed by atoms with Gasteiger partial charge in [-0.25, -0.2) is 0 Å². The lowest BCUT2D eigenvalue weighted by Crippen LogP contribution is -2.42. The van der Waals surface area contributed by atoms with Crippen LogP contribution in [0.5, 0.6) is 0 Å². The highest BCUT2D eigenvalue weighted by Crippen LogP contribution is 2.35. The van der Waals surface area contributed by atoms with Gasteiger partial charge >= 0.3 is 5.97 Å². The fraction of sp³-hybridized carbons (Fsp3) is 0.950. The van der Waals surface area contributed by atoms with Gasteiger partial charge in [0.05, 0.1) is 12.0 Å². The van der Waals surface area contributed by atoms with Crippen molar-refractivity contribution in [3.63, 3.8) is 0 Å². The number of aliphatic hydroxyl groups is 1. The van der Waals surface area contributed by atoms with E-state index in [1.54, 1.807) is 0 Å². The second-order valence-corrected chi connectivity index (χ2v) is 8.23. The number of aliphatic hydroxyl groups excluding tert-OH is 1. The van der Waals surface area contributed by atoms with Gasteiger partial charge in [-0.05, 0) is 37.5 Å². The van der Waals surface area contributed by atoms with Crippen LogP contribution in [0.1, 0.15) is 85.0 Å². The van der Waals surface area contributed by atoms with Gasteiger partial charge in [0.15, 0.2) is 0 Å². The first-order valence-electron chi connectivity index (χ1n) is 9.89. The molecule has 0 aromatic rings. The van der Waals surface area contributed by atoms with Gasteiger partial charge in [0.1, 0.15) is 6.10 Å². The van der Waals surface area contributed by atoms with Crippen LogP contribution < -0.4 is 0 Å². The lowest BCUT2D eigenvalue weighted by molar-refractivity contribution is -0.166. The van der Waals surface area contributed by atoms with E-state index in [9.17, 15) is 9.90 Å². The third kappa shape index (κ3) is 5.20. The number of carbonyl (C=O) groups is 1. The fourth-order valence-electron chi connectivity index (χ4n) is 4.47. The number of rotatable bonds is 6. The maximum atomic E-state index is 12.6. The first kappa shape index (κ1) is 18.8. The van der Waals surface area contributed by atoms with Crippen LogP contribution in [0.3, 0.4) is 0 Å². The SMILES string of the molecule is CC(C)[C@@H](O)[C@@H](C)[C@H](OC(=O)C1CCCCC1)C1CCCCC1. The van der Waals surface area contributed by atoms with Gasteiger partial charge in [0, 0.05) is 5.92 Å². The predicted molar refractivity (Wildman–Crippen MR) is 93.0 cm³/mol. The molecule has 0 aromatic carbocycles. The van der Waals surface area contributed by atoms with Crippen molar-refractivity contribution in [3.05, 3.63) is 0 Å². The second kappa shape index (κ2) is 9.05. The highest BCUT2D eigenvalue weighted by atomic mass is 16.5. The van der Waals surface area contributed by atoms with E-state index in [2.05, 4.69) is 6.92 Å². The molecule has 0 bridgehead atoms. The van der Waals surface area contributed by atoms with Crippen LogP contribution >= 0.6 is 0 Å². The van der Waals surface area contributed by atoms with Gasteiger partial charge in [0.2, 0.25) is 0 Å². The highest BCUT2D eigenvalue weighted by molar-refractivity contribution is 5.72. The van der Waals surface area contributed by atoms with E-state index >= 15 is 0 Å². The summed E-state index contributed by atoms with van der Waals surface area (Å²) in [6.45, 7) is 6.15. The highest BCUT2D eigenvalue weighted by Gasteiger charge is 2.37. The zero-order valence-electron chi connectivity index (χ0n) is 15.3. The number of hydrogen-bond donors (Lipinski definition) is 1. The number of ether oxygens (including phenoxy) is 1. The molecule has 2 rings (SSSR count). The Kier molecular flexibility index (Phi) is 7.39. The van der Waals surface area contributed by atoms with Gasteiger partial charge < -0.3 is 9.84 Å². The Hall–Kier alpha value is -0.570. The molecule has 0 saturated heterocycles. The molecule has 2 aliphatic carbocycles. The van der Waals surface area contributed by atoms with Crippen LogP contribution in [0.15, 0.2) is 0 Å². The predicted octanol–water partition coefficient (Wildman–Crippen LogP) is 4.71. The maximum Gasteiger partial charge on any atom is 0.309 e. The van der Waals surface area contributed by atoms with Crippen molar-refractivity contribution in [2.24, 2.45) is 23.7 Å². The Labute approximate surface area is 142 Å². The average Bonchev–Trinajstić information content (AvgIpc) is 2.59. The van der Waals surface area contributed by atoms with Crippen molar-refractivity contribution in [1.82, 2.24) is 0 Å². The standard InChI is InChI=1S/C20H36O3/c1-14(2)18(21)15(3)19(16-10-6-4-7-11-16)23-20(22)17-12-8-5-9-13-17/h14-19,21H,4-13H2,1-3H3/t15-,18-,19+/m1/s1. The molecule has 134 valence electrons. The molecule has 0 spiro atoms. The molecule has 0 aliphatic heterocycles. The smallest absolute Gasteiger partial charge is 0.309 e. The van der Waals surface area contributed by atoms with Crippen LogP contribution in [-0.2, 0) is 9.53 Å². The molecular formula is C20H36O3. The topological polar surface area (TPSA) is 46.5 Å². The zero-order valence-corrected chi connectivity index (χ0v) is 15.3. The van der Waals surface area contributed by atoms with Gasteiger partial charge in [-0.1, -0.05) is 59.3 Å². The second-order valence-electron chi connectivity index (χ2n) is 8.23. The molecule has 2 aliphatic rings. The molecule has 23 heavy (non-hydrogen) atoms. The van der Waals surface area contributed by atoms with Crippen molar-refractivity contribution in [2.45, 2.75) is 97.2 Å². The lowest BCUT2D eigenvalue weighted by Gasteiger charge is -2.37. The van der Waals surface area contributed by atoms with E-state index < -0.39 is 6.10 Å². The number of esters is 1. The molecule has 1 N–H and O–H groups in total. The van der Waals surface area contributed by atoms with Crippen molar-refractivity contribution < 1.29 is 14.6 Å². The van der Waals surface area contributed by atoms with Gasteiger partial charge in [-0.15, -0.1) is 0 Å². The fourth-order valence-corrected chi connectivity index (χ4v) is 4.47. The third-order valence-corrected chi connectivity index (χ3v) is 6.05. The molecule has 3 atom stereocenters. The molecule has 0 radical (unpaired) electrons. The summed E-state index contributed by atoms with van der Waals surface area (Å²) in [5.74, 6) is 0.746. The molecule has 2 saturated carbocycles. The minimum atomic E-state index is -0.402. The molecule has 0 amide bonds. The first-order chi connectivity index (χ1) is 11.0. The summed E-state index contributed by atoms with van der Waals surface area (Å²) < 4.78 is 6.06. The monoisotopic (exact) mass is 324 g/mol. The summed E-state index contributed by atoms with van der Waals surface area (Å²) in [6.07, 6.45) is 11.0. The van der Waals surface area contributed by atoms with Gasteiger partial charge in [0.25, 0.3) is 0 Å². The molecule has 0 heterocycles. The summed E-state index contributed by atoms with van der Waals surface area (Å²) in [4.78, 5) is 12.6. The summed E-state index contributed by atoms with van der Waals surface area (Å²) in [6, 6.07) is 0. The molecule has 3 nitrogen and oxygen atoms in total. The molecule has 3 heteroatoms. The largest absolute Gasteiger partial charge is 0.461 e. The van der Waals surface area contributed by atoms with Crippen LogP contribution in [0.2, 0.25) is 0 Å². The van der Waals surface area contributed by atoms with Gasteiger partial charge in [-0.2, -0.15) is 0 Å². The number of carbonyl (C=O) groups excluding carboxylic acids is 1. The van der Waals surface area contributed by atoms with Crippen LogP contribution in [0.4, 0.5) is 0 Å². The van der Waals surface area contributed by atoms with E-state index in [4.69, 9.17) is 4.74 Å².